The van der Waals surface area contributed by atoms with Gasteiger partial charge in [-0.1, -0.05) is 56.2 Å². The lowest BCUT2D eigenvalue weighted by molar-refractivity contribution is -0.116. The van der Waals surface area contributed by atoms with E-state index in [1.807, 2.05) is 19.1 Å². The Morgan fingerprint density at radius 3 is 2.33 bits per heavy atom. The van der Waals surface area contributed by atoms with Gasteiger partial charge in [0, 0.05) is 21.0 Å². The van der Waals surface area contributed by atoms with Gasteiger partial charge >= 0.3 is 5.97 Å². The fourth-order valence-electron chi connectivity index (χ4n) is 5.76. The van der Waals surface area contributed by atoms with Crippen molar-refractivity contribution in [2.24, 2.45) is 0 Å². The van der Waals surface area contributed by atoms with E-state index in [1.54, 1.807) is 86.8 Å². The summed E-state index contributed by atoms with van der Waals surface area (Å²) in [6.45, 7) is 3.98. The number of ether oxygens (including phenoxy) is 2. The number of esters is 1. The van der Waals surface area contributed by atoms with Gasteiger partial charge in [-0.3, -0.25) is 14.4 Å². The number of thioether (sulfide) groups is 1. The van der Waals surface area contributed by atoms with Crippen LogP contribution >= 0.6 is 23.1 Å². The first-order valence-electron chi connectivity index (χ1n) is 17.2. The Balaban J connectivity index is 1.32. The van der Waals surface area contributed by atoms with E-state index in [-0.39, 0.29) is 18.2 Å². The largest absolute Gasteiger partial charge is 0.497 e. The summed E-state index contributed by atoms with van der Waals surface area (Å²) in [4.78, 5) is 55.4. The number of amides is 3. The summed E-state index contributed by atoms with van der Waals surface area (Å²) in [5.41, 5.74) is 3.17. The highest BCUT2D eigenvalue weighted by Gasteiger charge is 2.28. The minimum atomic E-state index is -0.512. The van der Waals surface area contributed by atoms with E-state index in [1.165, 1.54) is 23.1 Å². The molecule has 3 N–H and O–H groups in total. The Labute approximate surface area is 307 Å². The summed E-state index contributed by atoms with van der Waals surface area (Å²) in [7, 11) is 1.57. The smallest absolute Gasteiger partial charge is 0.341 e. The zero-order valence-corrected chi connectivity index (χ0v) is 30.7. The molecule has 0 fully saturated rings. The summed E-state index contributed by atoms with van der Waals surface area (Å²) in [6, 6.07) is 23.0. The average molecular weight is 726 g/mol. The summed E-state index contributed by atoms with van der Waals surface area (Å²) in [6.07, 6.45) is 8.16. The third-order valence-corrected chi connectivity index (χ3v) is 10.9. The van der Waals surface area contributed by atoms with Gasteiger partial charge in [-0.2, -0.15) is 0 Å². The lowest BCUT2D eigenvalue weighted by atomic mass is 9.96. The second-order valence-electron chi connectivity index (χ2n) is 12.0. The number of carbonyl (C=O) groups is 4. The van der Waals surface area contributed by atoms with Gasteiger partial charge in [-0.05, 0) is 98.7 Å². The number of rotatable bonds is 13. The van der Waals surface area contributed by atoms with Gasteiger partial charge in [-0.15, -0.1) is 23.1 Å². The average Bonchev–Trinajstić information content (AvgIpc) is 3.46. The minimum Gasteiger partial charge on any atom is -0.497 e. The molecule has 266 valence electrons. The highest BCUT2D eigenvalue weighted by molar-refractivity contribution is 8.00. The number of hydrogen-bond acceptors (Lipinski definition) is 8. The number of hydrogen-bond donors (Lipinski definition) is 3. The number of fused-ring (bicyclic) bond motifs is 1. The second-order valence-corrected chi connectivity index (χ2v) is 14.4. The first kappa shape index (κ1) is 37.4. The van der Waals surface area contributed by atoms with Gasteiger partial charge in [0.1, 0.15) is 16.4 Å². The lowest BCUT2D eigenvalue weighted by Gasteiger charge is -2.16. The van der Waals surface area contributed by atoms with Crippen molar-refractivity contribution in [1.29, 1.82) is 0 Å². The van der Waals surface area contributed by atoms with Crippen molar-refractivity contribution in [3.63, 3.8) is 0 Å². The normalized spacial score (nSPS) is 13.5. The Morgan fingerprint density at radius 2 is 1.63 bits per heavy atom. The number of anilines is 2. The van der Waals surface area contributed by atoms with E-state index in [9.17, 15) is 19.2 Å². The van der Waals surface area contributed by atoms with Crippen LogP contribution in [0.4, 0.5) is 10.7 Å². The molecule has 11 heteroatoms. The van der Waals surface area contributed by atoms with Gasteiger partial charge in [0.05, 0.1) is 24.5 Å². The van der Waals surface area contributed by atoms with E-state index in [2.05, 4.69) is 16.0 Å². The predicted octanol–water partition coefficient (Wildman–Crippen LogP) is 8.51. The van der Waals surface area contributed by atoms with Crippen LogP contribution < -0.4 is 20.7 Å². The predicted molar refractivity (Wildman–Crippen MR) is 205 cm³/mol. The van der Waals surface area contributed by atoms with E-state index in [0.717, 1.165) is 53.9 Å². The maximum atomic E-state index is 13.7. The molecule has 0 saturated heterocycles. The highest BCUT2D eigenvalue weighted by Crippen LogP contribution is 2.38. The number of benzene rings is 3. The molecule has 1 aliphatic carbocycles. The van der Waals surface area contributed by atoms with E-state index < -0.39 is 23.0 Å². The molecular weight excluding hydrogens is 683 g/mol. The molecule has 0 spiro atoms. The molecule has 1 aliphatic rings. The fraction of sp³-hybridized carbons (Fsp3) is 0.300. The third-order valence-electron chi connectivity index (χ3n) is 8.38. The minimum absolute atomic E-state index is 0.0559. The Morgan fingerprint density at radius 1 is 0.882 bits per heavy atom. The lowest BCUT2D eigenvalue weighted by Crippen LogP contribution is -2.30. The van der Waals surface area contributed by atoms with Crippen molar-refractivity contribution in [3.8, 4) is 5.75 Å². The van der Waals surface area contributed by atoms with Crippen LogP contribution in [0.25, 0.3) is 6.08 Å². The maximum Gasteiger partial charge on any atom is 0.341 e. The standard InChI is InChI=1S/C40H43N3O6S2/c1-4-33(38(46)43-39-35(40(47)49-5-2)31-18-11-6-7-12-19-34(31)51-39)50-30-17-13-16-28(25-30)41-37(45)32(24-26-20-22-29(48-3)23-21-26)42-36(44)27-14-9-8-10-15-27/h8-10,13-17,20-25,33H,4-7,11-12,18-19H2,1-3H3,(H,41,45)(H,42,44)(H,43,46)/b32-24+. The quantitative estimate of drug-likeness (QED) is 0.0718. The first-order chi connectivity index (χ1) is 24.8. The summed E-state index contributed by atoms with van der Waals surface area (Å²) >= 11 is 2.86. The number of carbonyl (C=O) groups excluding carboxylic acids is 4. The van der Waals surface area contributed by atoms with Gasteiger partial charge in [0.25, 0.3) is 11.8 Å². The summed E-state index contributed by atoms with van der Waals surface area (Å²) in [5.74, 6) is -0.864. The molecule has 0 saturated carbocycles. The van der Waals surface area contributed by atoms with Crippen molar-refractivity contribution < 1.29 is 28.7 Å². The van der Waals surface area contributed by atoms with Crippen LogP contribution in [0.3, 0.4) is 0 Å². The molecule has 5 rings (SSSR count). The summed E-state index contributed by atoms with van der Waals surface area (Å²) in [5, 5.41) is 8.82. The zero-order chi connectivity index (χ0) is 36.2. The zero-order valence-electron chi connectivity index (χ0n) is 29.1. The molecule has 1 atom stereocenters. The van der Waals surface area contributed by atoms with Gasteiger partial charge in [0.2, 0.25) is 5.91 Å². The molecule has 0 radical (unpaired) electrons. The molecule has 0 bridgehead atoms. The van der Waals surface area contributed by atoms with Crippen molar-refractivity contribution in [1.82, 2.24) is 5.32 Å². The molecule has 3 aromatic carbocycles. The van der Waals surface area contributed by atoms with E-state index >= 15 is 0 Å². The van der Waals surface area contributed by atoms with Crippen molar-refractivity contribution in [2.45, 2.75) is 68.9 Å². The van der Waals surface area contributed by atoms with Crippen LogP contribution in [0, 0.1) is 0 Å². The second kappa shape index (κ2) is 18.4. The number of thiophene rings is 1. The van der Waals surface area contributed by atoms with Gasteiger partial charge < -0.3 is 25.4 Å². The van der Waals surface area contributed by atoms with Crippen LogP contribution in [0.2, 0.25) is 0 Å². The Hall–Kier alpha value is -4.87. The number of aryl methyl sites for hydroxylation is 1. The van der Waals surface area contributed by atoms with Gasteiger partial charge in [-0.25, -0.2) is 4.79 Å². The van der Waals surface area contributed by atoms with Crippen LogP contribution in [0.15, 0.2) is 89.5 Å². The van der Waals surface area contributed by atoms with E-state index in [0.29, 0.717) is 39.5 Å². The third kappa shape index (κ3) is 10.1. The monoisotopic (exact) mass is 725 g/mol. The number of methoxy groups -OCH3 is 1. The van der Waals surface area contributed by atoms with E-state index in [4.69, 9.17) is 9.47 Å². The Bertz CT molecular complexity index is 1870. The molecule has 51 heavy (non-hydrogen) atoms. The molecule has 1 aromatic heterocycles. The van der Waals surface area contributed by atoms with Gasteiger partial charge in [0.15, 0.2) is 0 Å². The topological polar surface area (TPSA) is 123 Å². The molecular formula is C40H43N3O6S2. The van der Waals surface area contributed by atoms with Crippen LogP contribution in [-0.2, 0) is 27.2 Å². The fourth-order valence-corrected chi connectivity index (χ4v) is 8.05. The molecule has 0 aliphatic heterocycles. The Kier molecular flexibility index (Phi) is 13.5. The van der Waals surface area contributed by atoms with Crippen LogP contribution in [0.1, 0.15) is 82.7 Å². The van der Waals surface area contributed by atoms with Crippen LogP contribution in [0.5, 0.6) is 5.75 Å². The summed E-state index contributed by atoms with van der Waals surface area (Å²) < 4.78 is 10.7. The van der Waals surface area contributed by atoms with Crippen molar-refractivity contribution in [3.05, 3.63) is 112 Å². The van der Waals surface area contributed by atoms with Crippen molar-refractivity contribution >= 4 is 63.6 Å². The molecule has 3 amide bonds. The number of nitrogens with one attached hydrogen (secondary N) is 3. The molecule has 9 nitrogen and oxygen atoms in total. The molecule has 1 heterocycles. The van der Waals surface area contributed by atoms with Crippen molar-refractivity contribution in [2.75, 3.05) is 24.4 Å². The maximum absolute atomic E-state index is 13.7. The van der Waals surface area contributed by atoms with Crippen LogP contribution in [-0.4, -0.2) is 42.7 Å². The highest BCUT2D eigenvalue weighted by atomic mass is 32.2. The molecule has 1 unspecified atom stereocenters. The molecule has 4 aromatic rings. The first-order valence-corrected chi connectivity index (χ1v) is 18.9. The SMILES string of the molecule is CCOC(=O)c1c(NC(=O)C(CC)Sc2cccc(NC(=O)/C(=C\c3ccc(OC)cc3)NC(=O)c3ccccc3)c2)sc2c1CCCCCC2.